The topological polar surface area (TPSA) is 52.6 Å². The smallest absolute Gasteiger partial charge is 0.424 e. The van der Waals surface area contributed by atoms with E-state index in [1.54, 1.807) is 6.92 Å². The van der Waals surface area contributed by atoms with Gasteiger partial charge in [0.15, 0.2) is 0 Å². The number of hydrogen-bond acceptors (Lipinski definition) is 4. The second-order valence-electron chi connectivity index (χ2n) is 4.67. The molecule has 0 radical (unpaired) electrons. The molecule has 1 rings (SSSR count). The van der Waals surface area contributed by atoms with Crippen LogP contribution in [0.4, 0.5) is 13.2 Å². The Morgan fingerprint density at radius 2 is 1.78 bits per heavy atom. The van der Waals surface area contributed by atoms with Gasteiger partial charge in [-0.3, -0.25) is 4.18 Å². The number of hydrogen-bond donors (Lipinski definition) is 0. The molecule has 4 nitrogen and oxygen atoms in total. The van der Waals surface area contributed by atoms with Crippen LogP contribution in [0.15, 0.2) is 16.6 Å². The highest BCUT2D eigenvalue weighted by Gasteiger charge is 2.60. The predicted molar refractivity (Wildman–Crippen MR) is 84.6 cm³/mol. The van der Waals surface area contributed by atoms with Gasteiger partial charge in [0.25, 0.3) is 10.1 Å². The van der Waals surface area contributed by atoms with Gasteiger partial charge in [-0.25, -0.2) is 0 Å². The van der Waals surface area contributed by atoms with Gasteiger partial charge in [0.1, 0.15) is 11.9 Å². The molecular weight excluding hydrogens is 448 g/mol. The fourth-order valence-corrected chi connectivity index (χ4v) is 3.36. The fourth-order valence-electron chi connectivity index (χ4n) is 1.73. The highest BCUT2D eigenvalue weighted by molar-refractivity contribution is 9.10. The molecule has 0 fully saturated rings. The maximum absolute atomic E-state index is 13.2. The van der Waals surface area contributed by atoms with Crippen molar-refractivity contribution < 1.29 is 30.5 Å². The standard InChI is InChI=1S/C12H12BrCl2F3O4S/c1-6-4-7(9(13)8(5-6)21-2)10(22-23(3,19)20)11(14,15)12(16,17)18/h4-5,10H,1-3H3. The first kappa shape index (κ1) is 20.8. The summed E-state index contributed by atoms with van der Waals surface area (Å²) in [4.78, 5) is 0. The fraction of sp³-hybridized carbons (Fsp3) is 0.500. The van der Waals surface area contributed by atoms with E-state index in [0.717, 1.165) is 0 Å². The summed E-state index contributed by atoms with van der Waals surface area (Å²) >= 11 is 13.9. The van der Waals surface area contributed by atoms with E-state index in [-0.39, 0.29) is 15.8 Å². The Bertz CT molecular complexity index is 692. The van der Waals surface area contributed by atoms with E-state index < -0.39 is 26.7 Å². The molecule has 1 aromatic carbocycles. The highest BCUT2D eigenvalue weighted by Crippen LogP contribution is 2.52. The maximum Gasteiger partial charge on any atom is 0.424 e. The number of halogens is 6. The molecule has 0 N–H and O–H groups in total. The Morgan fingerprint density at radius 3 is 2.17 bits per heavy atom. The minimum Gasteiger partial charge on any atom is -0.496 e. The Balaban J connectivity index is 3.64. The van der Waals surface area contributed by atoms with Crippen molar-refractivity contribution in [1.29, 1.82) is 0 Å². The van der Waals surface area contributed by atoms with Crippen molar-refractivity contribution in [3.8, 4) is 5.75 Å². The molecule has 0 heterocycles. The normalized spacial score (nSPS) is 14.7. The summed E-state index contributed by atoms with van der Waals surface area (Å²) in [7, 11) is -2.99. The zero-order valence-corrected chi connectivity index (χ0v) is 16.0. The SMILES string of the molecule is COc1cc(C)cc(C(OS(C)(=O)=O)C(Cl)(Cl)C(F)(F)F)c1Br. The minimum atomic E-state index is -5.15. The summed E-state index contributed by atoms with van der Waals surface area (Å²) < 4.78 is 68.4. The van der Waals surface area contributed by atoms with Gasteiger partial charge in [0.05, 0.1) is 17.8 Å². The molecule has 1 aromatic rings. The number of methoxy groups -OCH3 is 1. The van der Waals surface area contributed by atoms with Gasteiger partial charge in [-0.15, -0.1) is 0 Å². The average Bonchev–Trinajstić information content (AvgIpc) is 2.36. The summed E-state index contributed by atoms with van der Waals surface area (Å²) in [5.41, 5.74) is 0.281. The van der Waals surface area contributed by atoms with Crippen LogP contribution in [-0.4, -0.2) is 32.3 Å². The summed E-state index contributed by atoms with van der Waals surface area (Å²) in [6.45, 7) is 1.58. The molecule has 0 aliphatic carbocycles. The Morgan fingerprint density at radius 1 is 1.26 bits per heavy atom. The van der Waals surface area contributed by atoms with E-state index in [9.17, 15) is 21.6 Å². The van der Waals surface area contributed by atoms with Crippen molar-refractivity contribution in [1.82, 2.24) is 0 Å². The molecule has 132 valence electrons. The van der Waals surface area contributed by atoms with Crippen molar-refractivity contribution in [3.05, 3.63) is 27.7 Å². The molecule has 1 unspecified atom stereocenters. The molecule has 0 saturated heterocycles. The van der Waals surface area contributed by atoms with Crippen molar-refractivity contribution in [2.75, 3.05) is 13.4 Å². The van der Waals surface area contributed by atoms with Crippen LogP contribution >= 0.6 is 39.1 Å². The van der Waals surface area contributed by atoms with E-state index in [1.165, 1.54) is 19.2 Å². The van der Waals surface area contributed by atoms with Crippen molar-refractivity contribution in [2.45, 2.75) is 23.5 Å². The zero-order chi connectivity index (χ0) is 18.2. The van der Waals surface area contributed by atoms with Crippen LogP contribution in [0.25, 0.3) is 0 Å². The maximum atomic E-state index is 13.2. The average molecular weight is 460 g/mol. The lowest BCUT2D eigenvalue weighted by Crippen LogP contribution is -2.42. The first-order valence-electron chi connectivity index (χ1n) is 5.87. The first-order chi connectivity index (χ1) is 10.2. The Hall–Kier alpha value is -0.220. The molecule has 0 aromatic heterocycles. The summed E-state index contributed by atoms with van der Waals surface area (Å²) in [6, 6.07) is 2.80. The molecule has 0 aliphatic rings. The van der Waals surface area contributed by atoms with Crippen molar-refractivity contribution >= 4 is 49.2 Å². The van der Waals surface area contributed by atoms with Gasteiger partial charge in [0.2, 0.25) is 4.33 Å². The summed E-state index contributed by atoms with van der Waals surface area (Å²) in [5.74, 6) is 0.174. The van der Waals surface area contributed by atoms with Gasteiger partial charge >= 0.3 is 6.18 Å². The van der Waals surface area contributed by atoms with Gasteiger partial charge in [-0.2, -0.15) is 21.6 Å². The predicted octanol–water partition coefficient (Wildman–Crippen LogP) is 4.52. The van der Waals surface area contributed by atoms with Gasteiger partial charge in [0, 0.05) is 5.56 Å². The molecule has 0 bridgehead atoms. The largest absolute Gasteiger partial charge is 0.496 e. The van der Waals surface area contributed by atoms with Gasteiger partial charge in [-0.05, 0) is 34.5 Å². The zero-order valence-electron chi connectivity index (χ0n) is 12.0. The van der Waals surface area contributed by atoms with Crippen LogP contribution in [0, 0.1) is 6.92 Å². The van der Waals surface area contributed by atoms with E-state index in [1.807, 2.05) is 0 Å². The second-order valence-corrected chi connectivity index (χ2v) is 8.45. The first-order valence-corrected chi connectivity index (χ1v) is 9.24. The molecule has 0 aliphatic heterocycles. The molecular formula is C12H12BrCl2F3O4S. The molecule has 0 amide bonds. The number of alkyl halides is 5. The van der Waals surface area contributed by atoms with Crippen LogP contribution in [-0.2, 0) is 14.3 Å². The minimum absolute atomic E-state index is 0.0502. The van der Waals surface area contributed by atoms with Crippen molar-refractivity contribution in [3.63, 3.8) is 0 Å². The van der Waals surface area contributed by atoms with Gasteiger partial charge in [-0.1, -0.05) is 29.3 Å². The van der Waals surface area contributed by atoms with Crippen LogP contribution in [0.2, 0.25) is 0 Å². The molecule has 0 spiro atoms. The van der Waals surface area contributed by atoms with Crippen LogP contribution in [0.3, 0.4) is 0 Å². The number of aryl methyl sites for hydroxylation is 1. The Kier molecular flexibility index (Phi) is 6.29. The van der Waals surface area contributed by atoms with E-state index in [2.05, 4.69) is 20.1 Å². The van der Waals surface area contributed by atoms with E-state index in [0.29, 0.717) is 11.8 Å². The lowest BCUT2D eigenvalue weighted by Gasteiger charge is -2.31. The summed E-state index contributed by atoms with van der Waals surface area (Å²) in [6.07, 6.45) is -6.78. The van der Waals surface area contributed by atoms with Gasteiger partial charge < -0.3 is 4.74 Å². The van der Waals surface area contributed by atoms with E-state index >= 15 is 0 Å². The third kappa shape index (κ3) is 4.88. The number of rotatable bonds is 5. The lowest BCUT2D eigenvalue weighted by molar-refractivity contribution is -0.159. The number of ether oxygens (including phenoxy) is 1. The lowest BCUT2D eigenvalue weighted by atomic mass is 10.0. The summed E-state index contributed by atoms with van der Waals surface area (Å²) in [5, 5.41) is 0. The molecule has 0 saturated carbocycles. The molecule has 1 atom stereocenters. The molecule has 11 heteroatoms. The van der Waals surface area contributed by atoms with Crippen LogP contribution < -0.4 is 4.74 Å². The van der Waals surface area contributed by atoms with Crippen molar-refractivity contribution in [2.24, 2.45) is 0 Å². The van der Waals surface area contributed by atoms with Crippen LogP contribution in [0.5, 0.6) is 5.75 Å². The third-order valence-corrected chi connectivity index (χ3v) is 4.91. The second kappa shape index (κ2) is 6.95. The quantitative estimate of drug-likeness (QED) is 0.479. The third-order valence-electron chi connectivity index (χ3n) is 2.69. The highest BCUT2D eigenvalue weighted by atomic mass is 79.9. The van der Waals surface area contributed by atoms with Crippen LogP contribution in [0.1, 0.15) is 17.2 Å². The molecule has 23 heavy (non-hydrogen) atoms. The number of benzene rings is 1. The van der Waals surface area contributed by atoms with E-state index in [4.69, 9.17) is 27.9 Å². The monoisotopic (exact) mass is 458 g/mol. The Labute approximate surface area is 150 Å².